The van der Waals surface area contributed by atoms with Gasteiger partial charge in [-0.1, -0.05) is 20.4 Å². The van der Waals surface area contributed by atoms with Crippen LogP contribution in [0.5, 0.6) is 0 Å². The highest BCUT2D eigenvalue weighted by Gasteiger charge is 2.22. The smallest absolute Gasteiger partial charge is 0.246 e. The number of amides is 1. The summed E-state index contributed by atoms with van der Waals surface area (Å²) in [6.45, 7) is 12.2. The van der Waals surface area contributed by atoms with Gasteiger partial charge in [-0.3, -0.25) is 4.79 Å². The van der Waals surface area contributed by atoms with Gasteiger partial charge in [0.25, 0.3) is 0 Å². The quantitative estimate of drug-likeness (QED) is 0.594. The van der Waals surface area contributed by atoms with E-state index in [0.717, 1.165) is 19.6 Å². The maximum Gasteiger partial charge on any atom is 0.246 e. The molecule has 3 heteroatoms. The van der Waals surface area contributed by atoms with E-state index in [1.807, 2.05) is 18.7 Å². The Kier molecular flexibility index (Phi) is 6.21. The van der Waals surface area contributed by atoms with Gasteiger partial charge in [-0.2, -0.15) is 0 Å². The van der Waals surface area contributed by atoms with E-state index < -0.39 is 0 Å². The third kappa shape index (κ3) is 3.50. The summed E-state index contributed by atoms with van der Waals surface area (Å²) in [7, 11) is 2.08. The molecule has 0 N–H and O–H groups in total. The van der Waals surface area contributed by atoms with Crippen molar-refractivity contribution in [3.63, 3.8) is 0 Å². The van der Waals surface area contributed by atoms with Crippen molar-refractivity contribution < 1.29 is 4.79 Å². The van der Waals surface area contributed by atoms with Crippen LogP contribution in [0, 0.1) is 0 Å². The van der Waals surface area contributed by atoms with Crippen molar-refractivity contribution in [2.24, 2.45) is 0 Å². The Bertz CT molecular complexity index is 192. The summed E-state index contributed by atoms with van der Waals surface area (Å²) in [4.78, 5) is 15.3. The van der Waals surface area contributed by atoms with Gasteiger partial charge in [-0.05, 0) is 20.0 Å². The Morgan fingerprint density at radius 3 is 2.43 bits per heavy atom. The molecule has 0 radical (unpaired) electrons. The van der Waals surface area contributed by atoms with E-state index in [2.05, 4.69) is 25.5 Å². The Morgan fingerprint density at radius 1 is 1.43 bits per heavy atom. The first-order valence-corrected chi connectivity index (χ1v) is 5.26. The molecule has 0 aromatic heterocycles. The average molecular weight is 198 g/mol. The van der Waals surface area contributed by atoms with E-state index >= 15 is 0 Å². The van der Waals surface area contributed by atoms with E-state index in [-0.39, 0.29) is 5.91 Å². The lowest BCUT2D eigenvalue weighted by molar-refractivity contribution is -0.128. The molecule has 0 aromatic carbocycles. The lowest BCUT2D eigenvalue weighted by Crippen LogP contribution is -2.51. The lowest BCUT2D eigenvalue weighted by Gasteiger charge is -2.37. The standard InChI is InChI=1S/C9H16N2O.C2H6/c1-4-9(12)11-6-5-10(3)8(2)7-11;1-2/h4,8H,1,5-7H2,2-3H3;1-2H3/t8-;/m0./s1. The Morgan fingerprint density at radius 2 is 2.00 bits per heavy atom. The molecule has 0 spiro atoms. The van der Waals surface area contributed by atoms with Gasteiger partial charge in [0.05, 0.1) is 0 Å². The van der Waals surface area contributed by atoms with E-state index in [1.165, 1.54) is 6.08 Å². The molecule has 1 atom stereocenters. The van der Waals surface area contributed by atoms with Crippen molar-refractivity contribution >= 4 is 5.91 Å². The minimum absolute atomic E-state index is 0.0509. The molecular weight excluding hydrogens is 176 g/mol. The largest absolute Gasteiger partial charge is 0.336 e. The topological polar surface area (TPSA) is 23.6 Å². The SMILES string of the molecule is C=CC(=O)N1CCN(C)[C@@H](C)C1.CC. The number of rotatable bonds is 1. The molecule has 0 saturated carbocycles. The van der Waals surface area contributed by atoms with Crippen LogP contribution in [0.4, 0.5) is 0 Å². The lowest BCUT2D eigenvalue weighted by atomic mass is 10.2. The first-order chi connectivity index (χ1) is 6.65. The fraction of sp³-hybridized carbons (Fsp3) is 0.727. The van der Waals surface area contributed by atoms with Gasteiger partial charge < -0.3 is 9.80 Å². The number of carbonyl (C=O) groups is 1. The molecule has 1 amide bonds. The normalized spacial score (nSPS) is 22.3. The number of piperazine rings is 1. The molecule has 0 aliphatic carbocycles. The van der Waals surface area contributed by atoms with Crippen LogP contribution in [0.25, 0.3) is 0 Å². The highest BCUT2D eigenvalue weighted by Crippen LogP contribution is 2.06. The third-order valence-corrected chi connectivity index (χ3v) is 2.45. The van der Waals surface area contributed by atoms with E-state index in [9.17, 15) is 4.79 Å². The number of hydrogen-bond donors (Lipinski definition) is 0. The molecule has 1 saturated heterocycles. The highest BCUT2D eigenvalue weighted by molar-refractivity contribution is 5.87. The van der Waals surface area contributed by atoms with Gasteiger partial charge in [-0.15, -0.1) is 0 Å². The van der Waals surface area contributed by atoms with Crippen LogP contribution < -0.4 is 0 Å². The van der Waals surface area contributed by atoms with Gasteiger partial charge in [0.2, 0.25) is 5.91 Å². The summed E-state index contributed by atoms with van der Waals surface area (Å²) in [5.41, 5.74) is 0. The fourth-order valence-electron chi connectivity index (χ4n) is 1.38. The van der Waals surface area contributed by atoms with Crippen LogP contribution in [-0.2, 0) is 4.79 Å². The molecule has 1 heterocycles. The number of nitrogens with zero attached hydrogens (tertiary/aromatic N) is 2. The number of carbonyl (C=O) groups excluding carboxylic acids is 1. The van der Waals surface area contributed by atoms with Crippen molar-refractivity contribution in [1.82, 2.24) is 9.80 Å². The zero-order chi connectivity index (χ0) is 11.1. The Balaban J connectivity index is 0.000000791. The van der Waals surface area contributed by atoms with Crippen molar-refractivity contribution in [2.45, 2.75) is 26.8 Å². The summed E-state index contributed by atoms with van der Waals surface area (Å²) < 4.78 is 0. The molecule has 0 bridgehead atoms. The van der Waals surface area contributed by atoms with Crippen LogP contribution in [0.1, 0.15) is 20.8 Å². The second kappa shape index (κ2) is 6.60. The maximum absolute atomic E-state index is 11.2. The fourth-order valence-corrected chi connectivity index (χ4v) is 1.38. The molecule has 1 aliphatic heterocycles. The third-order valence-electron chi connectivity index (χ3n) is 2.45. The maximum atomic E-state index is 11.2. The van der Waals surface area contributed by atoms with Crippen LogP contribution in [0.15, 0.2) is 12.7 Å². The van der Waals surface area contributed by atoms with E-state index in [0.29, 0.717) is 6.04 Å². The van der Waals surface area contributed by atoms with Gasteiger partial charge >= 0.3 is 0 Å². The van der Waals surface area contributed by atoms with Crippen LogP contribution in [-0.4, -0.2) is 48.4 Å². The first-order valence-electron chi connectivity index (χ1n) is 5.26. The average Bonchev–Trinajstić information content (AvgIpc) is 2.24. The zero-order valence-corrected chi connectivity index (χ0v) is 9.79. The van der Waals surface area contributed by atoms with Crippen molar-refractivity contribution in [2.75, 3.05) is 26.7 Å². The van der Waals surface area contributed by atoms with Crippen molar-refractivity contribution in [1.29, 1.82) is 0 Å². The van der Waals surface area contributed by atoms with Crippen molar-refractivity contribution in [3.8, 4) is 0 Å². The summed E-state index contributed by atoms with van der Waals surface area (Å²) in [6, 6.07) is 0.461. The monoisotopic (exact) mass is 198 g/mol. The molecular formula is C11H22N2O. The molecule has 0 unspecified atom stereocenters. The molecule has 1 fully saturated rings. The molecule has 1 aliphatic rings. The Labute approximate surface area is 87.4 Å². The van der Waals surface area contributed by atoms with Crippen LogP contribution in [0.3, 0.4) is 0 Å². The summed E-state index contributed by atoms with van der Waals surface area (Å²) >= 11 is 0. The molecule has 14 heavy (non-hydrogen) atoms. The van der Waals surface area contributed by atoms with Crippen LogP contribution >= 0.6 is 0 Å². The van der Waals surface area contributed by atoms with Crippen molar-refractivity contribution in [3.05, 3.63) is 12.7 Å². The van der Waals surface area contributed by atoms with Gasteiger partial charge in [0.1, 0.15) is 0 Å². The second-order valence-corrected chi connectivity index (χ2v) is 3.32. The van der Waals surface area contributed by atoms with Crippen LogP contribution in [0.2, 0.25) is 0 Å². The minimum Gasteiger partial charge on any atom is -0.336 e. The molecule has 1 rings (SSSR count). The number of likely N-dealkylation sites (N-methyl/N-ethyl adjacent to an activating group) is 1. The van der Waals surface area contributed by atoms with Gasteiger partial charge in [-0.25, -0.2) is 0 Å². The van der Waals surface area contributed by atoms with E-state index in [1.54, 1.807) is 0 Å². The summed E-state index contributed by atoms with van der Waals surface area (Å²) in [6.07, 6.45) is 1.39. The van der Waals surface area contributed by atoms with E-state index in [4.69, 9.17) is 0 Å². The predicted molar refractivity (Wildman–Crippen MR) is 60.2 cm³/mol. The van der Waals surface area contributed by atoms with Gasteiger partial charge in [0, 0.05) is 25.7 Å². The molecule has 3 nitrogen and oxygen atoms in total. The zero-order valence-electron chi connectivity index (χ0n) is 9.79. The Hall–Kier alpha value is -0.830. The first kappa shape index (κ1) is 13.2. The predicted octanol–water partition coefficient (Wildman–Crippen LogP) is 1.36. The summed E-state index contributed by atoms with van der Waals surface area (Å²) in [5.74, 6) is 0.0509. The summed E-state index contributed by atoms with van der Waals surface area (Å²) in [5, 5.41) is 0. The highest BCUT2D eigenvalue weighted by atomic mass is 16.2. The molecule has 0 aromatic rings. The van der Waals surface area contributed by atoms with Gasteiger partial charge in [0.15, 0.2) is 0 Å². The molecule has 82 valence electrons. The second-order valence-electron chi connectivity index (χ2n) is 3.32. The number of hydrogen-bond acceptors (Lipinski definition) is 2. The minimum atomic E-state index is 0.0509.